The van der Waals surface area contributed by atoms with Gasteiger partial charge in [-0.15, -0.1) is 0 Å². The summed E-state index contributed by atoms with van der Waals surface area (Å²) in [5.74, 6) is -1.00. The summed E-state index contributed by atoms with van der Waals surface area (Å²) in [6, 6.07) is 12.8. The van der Waals surface area contributed by atoms with E-state index in [-0.39, 0.29) is 41.8 Å². The van der Waals surface area contributed by atoms with Crippen molar-refractivity contribution in [3.63, 3.8) is 0 Å². The average molecular weight is 524 g/mol. The van der Waals surface area contributed by atoms with Gasteiger partial charge in [0.25, 0.3) is 11.7 Å². The number of nitrogens with zero attached hydrogens (tertiary/aromatic N) is 1. The number of fused-ring (bicyclic) bond motifs is 1. The summed E-state index contributed by atoms with van der Waals surface area (Å²) >= 11 is 6.17. The van der Waals surface area contributed by atoms with Crippen molar-refractivity contribution in [2.24, 2.45) is 0 Å². The summed E-state index contributed by atoms with van der Waals surface area (Å²) < 4.78 is 21.7. The zero-order valence-electron chi connectivity index (χ0n) is 19.9. The van der Waals surface area contributed by atoms with Crippen molar-refractivity contribution in [3.05, 3.63) is 76.3 Å². The Balaban J connectivity index is 1.75. The van der Waals surface area contributed by atoms with E-state index in [1.807, 2.05) is 0 Å². The number of halogens is 1. The number of aliphatic hydroxyl groups is 1. The normalized spacial score (nSPS) is 17.8. The van der Waals surface area contributed by atoms with Crippen molar-refractivity contribution < 1.29 is 38.7 Å². The van der Waals surface area contributed by atoms with Gasteiger partial charge in [0.2, 0.25) is 6.79 Å². The van der Waals surface area contributed by atoms with Crippen molar-refractivity contribution >= 4 is 34.7 Å². The second-order valence-corrected chi connectivity index (χ2v) is 8.65. The molecule has 1 saturated heterocycles. The second-order valence-electron chi connectivity index (χ2n) is 8.21. The Bertz CT molecular complexity index is 1450. The number of amides is 1. The number of ketones is 1. The fraction of sp³-hybridized carbons (Fsp3) is 0.185. The largest absolute Gasteiger partial charge is 0.507 e. The van der Waals surface area contributed by atoms with Crippen LogP contribution < -0.4 is 23.8 Å². The Kier molecular flexibility index (Phi) is 6.31. The number of ether oxygens (including phenoxy) is 4. The molecule has 0 saturated carbocycles. The lowest BCUT2D eigenvalue weighted by molar-refractivity contribution is -0.132. The molecule has 2 N–H and O–H groups in total. The molecule has 2 aliphatic heterocycles. The third-order valence-corrected chi connectivity index (χ3v) is 6.33. The number of aliphatic hydroxyl groups excluding tert-OH is 1. The molecule has 1 unspecified atom stereocenters. The van der Waals surface area contributed by atoms with Crippen molar-refractivity contribution in [3.8, 4) is 28.7 Å². The molecule has 1 fully saturated rings. The van der Waals surface area contributed by atoms with E-state index in [4.69, 9.17) is 30.5 Å². The van der Waals surface area contributed by atoms with E-state index in [1.54, 1.807) is 43.3 Å². The molecule has 0 spiro atoms. The molecule has 1 atom stereocenters. The second kappa shape index (κ2) is 9.59. The fourth-order valence-electron chi connectivity index (χ4n) is 4.43. The summed E-state index contributed by atoms with van der Waals surface area (Å²) in [5, 5.41) is 22.0. The Hall–Kier alpha value is -4.37. The molecule has 0 radical (unpaired) electrons. The Morgan fingerprint density at radius 3 is 2.59 bits per heavy atom. The molecule has 3 aromatic rings. The Morgan fingerprint density at radius 1 is 1.05 bits per heavy atom. The molecule has 0 aromatic heterocycles. The van der Waals surface area contributed by atoms with E-state index in [0.29, 0.717) is 27.8 Å². The number of aromatic hydroxyl groups is 1. The fourth-order valence-corrected chi connectivity index (χ4v) is 4.60. The van der Waals surface area contributed by atoms with Crippen molar-refractivity contribution in [1.29, 1.82) is 0 Å². The number of carbonyl (C=O) groups excluding carboxylic acids is 2. The molecule has 3 aromatic carbocycles. The topological polar surface area (TPSA) is 115 Å². The standard InChI is InChI=1S/C27H22ClNO8/c1-3-35-21-10-14(4-7-18(21)30)24-23(25(31)17-11-15(28)5-8-19(17)34-2)26(32)27(33)29(24)16-6-9-20-22(12-16)37-13-36-20/h4-12,24,30-31H,3,13H2,1-2H3/b25-23+. The van der Waals surface area contributed by atoms with Crippen LogP contribution in [0.5, 0.6) is 28.7 Å². The number of rotatable bonds is 6. The van der Waals surface area contributed by atoms with Gasteiger partial charge in [0.15, 0.2) is 23.0 Å². The van der Waals surface area contributed by atoms with Gasteiger partial charge < -0.3 is 29.2 Å². The van der Waals surface area contributed by atoms with Gasteiger partial charge in [0, 0.05) is 16.8 Å². The number of hydrogen-bond donors (Lipinski definition) is 2. The van der Waals surface area contributed by atoms with Crippen LogP contribution >= 0.6 is 11.6 Å². The predicted octanol–water partition coefficient (Wildman–Crippen LogP) is 4.81. The third-order valence-electron chi connectivity index (χ3n) is 6.09. The monoisotopic (exact) mass is 523 g/mol. The van der Waals surface area contributed by atoms with Crippen LogP contribution in [0, 0.1) is 0 Å². The lowest BCUT2D eigenvalue weighted by Gasteiger charge is -2.26. The quantitative estimate of drug-likeness (QED) is 0.269. The lowest BCUT2D eigenvalue weighted by Crippen LogP contribution is -2.29. The number of methoxy groups -OCH3 is 1. The highest BCUT2D eigenvalue weighted by atomic mass is 35.5. The lowest BCUT2D eigenvalue weighted by atomic mass is 9.94. The minimum atomic E-state index is -1.08. The van der Waals surface area contributed by atoms with Crippen LogP contribution in [0.15, 0.2) is 60.2 Å². The first kappa shape index (κ1) is 24.3. The number of phenolic OH excluding ortho intramolecular Hbond substituents is 1. The van der Waals surface area contributed by atoms with Crippen LogP contribution in [0.3, 0.4) is 0 Å². The van der Waals surface area contributed by atoms with E-state index in [2.05, 4.69) is 0 Å². The molecule has 1 amide bonds. The van der Waals surface area contributed by atoms with E-state index in [1.165, 1.54) is 30.2 Å². The van der Waals surface area contributed by atoms with Gasteiger partial charge in [-0.05, 0) is 55.0 Å². The number of phenols is 1. The number of benzene rings is 3. The zero-order valence-corrected chi connectivity index (χ0v) is 20.6. The maximum absolute atomic E-state index is 13.5. The molecule has 190 valence electrons. The molecular formula is C27H22ClNO8. The van der Waals surface area contributed by atoms with Gasteiger partial charge in [0.1, 0.15) is 11.5 Å². The van der Waals surface area contributed by atoms with Crippen molar-refractivity contribution in [2.75, 3.05) is 25.4 Å². The van der Waals surface area contributed by atoms with Crippen LogP contribution in [0.4, 0.5) is 5.69 Å². The molecule has 2 heterocycles. The van der Waals surface area contributed by atoms with Crippen molar-refractivity contribution in [1.82, 2.24) is 0 Å². The summed E-state index contributed by atoms with van der Waals surface area (Å²) in [7, 11) is 1.41. The van der Waals surface area contributed by atoms with Gasteiger partial charge in [-0.25, -0.2) is 0 Å². The molecule has 37 heavy (non-hydrogen) atoms. The molecule has 10 heteroatoms. The summed E-state index contributed by atoms with van der Waals surface area (Å²) in [4.78, 5) is 28.2. The molecule has 0 aliphatic carbocycles. The maximum atomic E-state index is 13.5. The van der Waals surface area contributed by atoms with E-state index in [0.717, 1.165) is 0 Å². The van der Waals surface area contributed by atoms with Gasteiger partial charge in [-0.2, -0.15) is 0 Å². The first-order valence-electron chi connectivity index (χ1n) is 11.3. The highest BCUT2D eigenvalue weighted by Crippen LogP contribution is 2.47. The maximum Gasteiger partial charge on any atom is 0.300 e. The van der Waals surface area contributed by atoms with Crippen molar-refractivity contribution in [2.45, 2.75) is 13.0 Å². The summed E-state index contributed by atoms with van der Waals surface area (Å²) in [5.41, 5.74) is 0.726. The van der Waals surface area contributed by atoms with Crippen LogP contribution in [0.2, 0.25) is 5.02 Å². The highest BCUT2D eigenvalue weighted by molar-refractivity contribution is 6.51. The number of Topliss-reactive ketones (excluding diaryl/α,β-unsaturated/α-hetero) is 1. The molecule has 2 aliphatic rings. The first-order valence-corrected chi connectivity index (χ1v) is 11.7. The number of carbonyl (C=O) groups is 2. The zero-order chi connectivity index (χ0) is 26.3. The van der Waals surface area contributed by atoms with Crippen LogP contribution in [-0.4, -0.2) is 42.4 Å². The SMILES string of the molecule is CCOc1cc(C2/C(=C(\O)c3cc(Cl)ccc3OC)C(=O)C(=O)N2c2ccc3c(c2)OCO3)ccc1O. The summed E-state index contributed by atoms with van der Waals surface area (Å²) in [6.07, 6.45) is 0. The molecule has 0 bridgehead atoms. The third kappa shape index (κ3) is 4.17. The molecule has 9 nitrogen and oxygen atoms in total. The smallest absolute Gasteiger partial charge is 0.300 e. The van der Waals surface area contributed by atoms with Crippen LogP contribution in [0.25, 0.3) is 5.76 Å². The Morgan fingerprint density at radius 2 is 1.84 bits per heavy atom. The van der Waals surface area contributed by atoms with E-state index in [9.17, 15) is 19.8 Å². The average Bonchev–Trinajstić information content (AvgIpc) is 3.47. The van der Waals surface area contributed by atoms with Crippen LogP contribution in [-0.2, 0) is 9.59 Å². The summed E-state index contributed by atoms with van der Waals surface area (Å²) in [6.45, 7) is 2.07. The number of hydrogen-bond acceptors (Lipinski definition) is 8. The predicted molar refractivity (Wildman–Crippen MR) is 135 cm³/mol. The molecule has 5 rings (SSSR count). The van der Waals surface area contributed by atoms with E-state index >= 15 is 0 Å². The van der Waals surface area contributed by atoms with Crippen LogP contribution in [0.1, 0.15) is 24.1 Å². The minimum Gasteiger partial charge on any atom is -0.507 e. The first-order chi connectivity index (χ1) is 17.8. The number of anilines is 1. The highest BCUT2D eigenvalue weighted by Gasteiger charge is 2.47. The van der Waals surface area contributed by atoms with Gasteiger partial charge >= 0.3 is 0 Å². The van der Waals surface area contributed by atoms with Gasteiger partial charge in [0.05, 0.1) is 30.9 Å². The minimum absolute atomic E-state index is 0.0330. The van der Waals surface area contributed by atoms with Gasteiger partial charge in [-0.3, -0.25) is 14.5 Å². The molecular weight excluding hydrogens is 502 g/mol. The van der Waals surface area contributed by atoms with Gasteiger partial charge in [-0.1, -0.05) is 17.7 Å². The Labute approximate surface area is 217 Å². The van der Waals surface area contributed by atoms with E-state index < -0.39 is 23.5 Å².